The van der Waals surface area contributed by atoms with E-state index in [4.69, 9.17) is 9.47 Å². The molecule has 1 aromatic heterocycles. The third-order valence-electron chi connectivity index (χ3n) is 4.90. The van der Waals surface area contributed by atoms with Gasteiger partial charge in [0.15, 0.2) is 0 Å². The van der Waals surface area contributed by atoms with Gasteiger partial charge in [-0.2, -0.15) is 5.26 Å². The Morgan fingerprint density at radius 1 is 1.13 bits per heavy atom. The van der Waals surface area contributed by atoms with Crippen molar-refractivity contribution < 1.29 is 14.3 Å². The number of carbonyl (C=O) groups excluding carboxylic acids is 1. The smallest absolute Gasteiger partial charge is 0.295 e. The zero-order valence-electron chi connectivity index (χ0n) is 17.7. The van der Waals surface area contributed by atoms with Crippen molar-refractivity contribution >= 4 is 17.7 Å². The monoisotopic (exact) mass is 418 g/mol. The molecule has 0 spiro atoms. The van der Waals surface area contributed by atoms with Crippen LogP contribution in [-0.4, -0.2) is 29.5 Å². The van der Waals surface area contributed by atoms with Gasteiger partial charge in [0.25, 0.3) is 11.5 Å². The zero-order valence-corrected chi connectivity index (χ0v) is 17.7. The summed E-state index contributed by atoms with van der Waals surface area (Å²) in [5, 5.41) is 12.1. The molecular formula is C23H22N4O4. The van der Waals surface area contributed by atoms with Gasteiger partial charge >= 0.3 is 0 Å². The predicted molar refractivity (Wildman–Crippen MR) is 118 cm³/mol. The molecule has 1 N–H and O–H groups in total. The van der Waals surface area contributed by atoms with Crippen LogP contribution in [0.25, 0.3) is 11.8 Å². The molecule has 3 rings (SSSR count). The van der Waals surface area contributed by atoms with Gasteiger partial charge in [-0.1, -0.05) is 18.2 Å². The highest BCUT2D eigenvalue weighted by molar-refractivity contribution is 6.10. The number of hydrogen-bond donors (Lipinski definition) is 1. The molecule has 0 aliphatic rings. The lowest BCUT2D eigenvalue weighted by atomic mass is 10.1. The Morgan fingerprint density at radius 2 is 1.84 bits per heavy atom. The van der Waals surface area contributed by atoms with Crippen molar-refractivity contribution in [1.82, 2.24) is 9.36 Å². The number of benzene rings is 2. The zero-order chi connectivity index (χ0) is 22.5. The van der Waals surface area contributed by atoms with Crippen LogP contribution < -0.4 is 20.3 Å². The molecular weight excluding hydrogens is 396 g/mol. The minimum absolute atomic E-state index is 0.110. The van der Waals surface area contributed by atoms with Crippen LogP contribution in [0.3, 0.4) is 0 Å². The summed E-state index contributed by atoms with van der Waals surface area (Å²) in [7, 11) is 4.74. The number of rotatable bonds is 6. The highest BCUT2D eigenvalue weighted by Gasteiger charge is 2.20. The third-order valence-corrected chi connectivity index (χ3v) is 4.90. The second-order valence-corrected chi connectivity index (χ2v) is 6.67. The van der Waals surface area contributed by atoms with Crippen molar-refractivity contribution in [1.29, 1.82) is 5.26 Å². The second kappa shape index (κ2) is 9.05. The molecule has 0 saturated heterocycles. The standard InChI is InChI=1S/C23H22N4O4/c1-15-21(23(29)27(26(15)2)18-8-6-5-7-9-18)25-22(28)17(14-24)12-16-10-11-19(30-3)13-20(16)31-4/h5-13H,1-4H3,(H,25,28)/b17-12-. The number of hydrogen-bond acceptors (Lipinski definition) is 5. The average molecular weight is 418 g/mol. The summed E-state index contributed by atoms with van der Waals surface area (Å²) >= 11 is 0. The van der Waals surface area contributed by atoms with Crippen LogP contribution in [0.5, 0.6) is 11.5 Å². The maximum absolute atomic E-state index is 13.0. The molecule has 0 fully saturated rings. The largest absolute Gasteiger partial charge is 0.497 e. The highest BCUT2D eigenvalue weighted by Crippen LogP contribution is 2.26. The number of nitrogens with one attached hydrogen (secondary N) is 1. The average Bonchev–Trinajstić information content (AvgIpc) is 3.00. The molecule has 31 heavy (non-hydrogen) atoms. The summed E-state index contributed by atoms with van der Waals surface area (Å²) in [6.07, 6.45) is 1.40. The van der Waals surface area contributed by atoms with Crippen LogP contribution in [0.4, 0.5) is 5.69 Å². The molecule has 0 atom stereocenters. The number of para-hydroxylation sites is 1. The van der Waals surface area contributed by atoms with E-state index in [9.17, 15) is 14.9 Å². The summed E-state index contributed by atoms with van der Waals surface area (Å²) in [5.41, 5.74) is 1.30. The van der Waals surface area contributed by atoms with Crippen LogP contribution in [-0.2, 0) is 11.8 Å². The lowest BCUT2D eigenvalue weighted by Crippen LogP contribution is -2.23. The van der Waals surface area contributed by atoms with Crippen molar-refractivity contribution in [2.75, 3.05) is 19.5 Å². The number of amides is 1. The Labute approximate surface area is 179 Å². The fourth-order valence-corrected chi connectivity index (χ4v) is 3.13. The lowest BCUT2D eigenvalue weighted by molar-refractivity contribution is -0.112. The Kier molecular flexibility index (Phi) is 6.26. The fraction of sp³-hybridized carbons (Fsp3) is 0.174. The number of nitrogens with zero attached hydrogens (tertiary/aromatic N) is 3. The van der Waals surface area contributed by atoms with E-state index in [0.29, 0.717) is 28.4 Å². The first-order chi connectivity index (χ1) is 14.9. The highest BCUT2D eigenvalue weighted by atomic mass is 16.5. The topological polar surface area (TPSA) is 98.3 Å². The fourth-order valence-electron chi connectivity index (χ4n) is 3.13. The molecule has 2 aromatic carbocycles. The molecule has 0 saturated carbocycles. The van der Waals surface area contributed by atoms with Crippen molar-refractivity contribution in [2.24, 2.45) is 7.05 Å². The maximum Gasteiger partial charge on any atom is 0.295 e. The van der Waals surface area contributed by atoms with E-state index < -0.39 is 5.91 Å². The van der Waals surface area contributed by atoms with Gasteiger partial charge in [-0.15, -0.1) is 0 Å². The van der Waals surface area contributed by atoms with Crippen LogP contribution in [0, 0.1) is 18.3 Å². The van der Waals surface area contributed by atoms with E-state index in [1.54, 1.807) is 49.0 Å². The summed E-state index contributed by atoms with van der Waals surface area (Å²) in [4.78, 5) is 25.8. The Morgan fingerprint density at radius 3 is 2.45 bits per heavy atom. The van der Waals surface area contributed by atoms with Crippen LogP contribution >= 0.6 is 0 Å². The molecule has 0 aliphatic carbocycles. The Hall–Kier alpha value is -4.25. The number of aromatic nitrogens is 2. The SMILES string of the molecule is COc1ccc(/C=C(/C#N)C(=O)Nc2c(C)n(C)n(-c3ccccc3)c2=O)c(OC)c1. The molecule has 8 heteroatoms. The first-order valence-electron chi connectivity index (χ1n) is 9.40. The van der Waals surface area contributed by atoms with E-state index in [1.165, 1.54) is 25.0 Å². The van der Waals surface area contributed by atoms with Gasteiger partial charge < -0.3 is 14.8 Å². The van der Waals surface area contributed by atoms with Crippen molar-refractivity contribution in [2.45, 2.75) is 6.92 Å². The van der Waals surface area contributed by atoms with Crippen LogP contribution in [0.1, 0.15) is 11.3 Å². The van der Waals surface area contributed by atoms with E-state index in [0.717, 1.165) is 0 Å². The number of ether oxygens (including phenoxy) is 2. The van der Waals surface area contributed by atoms with Crippen molar-refractivity contribution in [3.05, 3.63) is 75.7 Å². The first-order valence-corrected chi connectivity index (χ1v) is 9.40. The van der Waals surface area contributed by atoms with Gasteiger partial charge in [-0.25, -0.2) is 4.68 Å². The van der Waals surface area contributed by atoms with Crippen molar-refractivity contribution in [3.63, 3.8) is 0 Å². The number of methoxy groups -OCH3 is 2. The molecule has 0 aliphatic heterocycles. The van der Waals surface area contributed by atoms with E-state index in [2.05, 4.69) is 5.32 Å². The number of carbonyl (C=O) groups is 1. The third kappa shape index (κ3) is 4.21. The Bertz CT molecular complexity index is 1250. The molecule has 0 radical (unpaired) electrons. The molecule has 8 nitrogen and oxygen atoms in total. The number of nitriles is 1. The lowest BCUT2D eigenvalue weighted by Gasteiger charge is -2.08. The van der Waals surface area contributed by atoms with E-state index in [-0.39, 0.29) is 16.8 Å². The molecule has 3 aromatic rings. The van der Waals surface area contributed by atoms with E-state index >= 15 is 0 Å². The summed E-state index contributed by atoms with van der Waals surface area (Å²) < 4.78 is 13.6. The molecule has 158 valence electrons. The molecule has 0 unspecified atom stereocenters. The normalized spacial score (nSPS) is 11.0. The van der Waals surface area contributed by atoms with Gasteiger partial charge in [0, 0.05) is 18.7 Å². The van der Waals surface area contributed by atoms with Crippen molar-refractivity contribution in [3.8, 4) is 23.3 Å². The summed E-state index contributed by atoms with van der Waals surface area (Å²) in [5.74, 6) is 0.340. The van der Waals surface area contributed by atoms with Gasteiger partial charge in [0.1, 0.15) is 28.8 Å². The maximum atomic E-state index is 13.0. The van der Waals surface area contributed by atoms with Crippen LogP contribution in [0.15, 0.2) is 58.9 Å². The second-order valence-electron chi connectivity index (χ2n) is 6.67. The number of anilines is 1. The van der Waals surface area contributed by atoms with Crippen LogP contribution in [0.2, 0.25) is 0 Å². The predicted octanol–water partition coefficient (Wildman–Crippen LogP) is 3.05. The molecule has 1 amide bonds. The van der Waals surface area contributed by atoms with Gasteiger partial charge in [-0.3, -0.25) is 14.3 Å². The Balaban J connectivity index is 1.97. The van der Waals surface area contributed by atoms with Gasteiger partial charge in [0.05, 0.1) is 25.6 Å². The summed E-state index contributed by atoms with van der Waals surface area (Å²) in [6.45, 7) is 1.72. The van der Waals surface area contributed by atoms with Gasteiger partial charge in [0.2, 0.25) is 0 Å². The van der Waals surface area contributed by atoms with E-state index in [1.807, 2.05) is 24.3 Å². The van der Waals surface area contributed by atoms with Gasteiger partial charge in [-0.05, 0) is 37.3 Å². The minimum atomic E-state index is -0.689. The molecule has 0 bridgehead atoms. The summed E-state index contributed by atoms with van der Waals surface area (Å²) in [6, 6.07) is 16.0. The minimum Gasteiger partial charge on any atom is -0.497 e. The quantitative estimate of drug-likeness (QED) is 0.490. The molecule has 1 heterocycles. The first kappa shape index (κ1) is 21.5.